The van der Waals surface area contributed by atoms with Crippen LogP contribution in [0.3, 0.4) is 0 Å². The van der Waals surface area contributed by atoms with Crippen LogP contribution in [0.2, 0.25) is 10.0 Å². The number of nitrogens with zero attached hydrogens (tertiary/aromatic N) is 2. The molecule has 0 aliphatic heterocycles. The standard InChI is InChI=1S/C16H12Cl2N2O/c1-2-20-15(9-21)13-5-3-4-12(16(13)19-20)11-7-6-10(17)8-14(11)18/h3-9H,2H2,1H3. The maximum atomic E-state index is 11.3. The van der Waals surface area contributed by atoms with Crippen molar-refractivity contribution in [3.63, 3.8) is 0 Å². The second-order valence-corrected chi connectivity index (χ2v) is 5.49. The van der Waals surface area contributed by atoms with Crippen LogP contribution in [0.1, 0.15) is 17.4 Å². The Balaban J connectivity index is 2.33. The topological polar surface area (TPSA) is 34.9 Å². The average Bonchev–Trinajstić information content (AvgIpc) is 2.85. The zero-order valence-corrected chi connectivity index (χ0v) is 12.8. The van der Waals surface area contributed by atoms with E-state index in [0.717, 1.165) is 28.3 Å². The molecule has 21 heavy (non-hydrogen) atoms. The van der Waals surface area contributed by atoms with Crippen molar-refractivity contribution >= 4 is 40.4 Å². The van der Waals surface area contributed by atoms with Crippen LogP contribution in [0, 0.1) is 0 Å². The number of benzene rings is 2. The fourth-order valence-corrected chi connectivity index (χ4v) is 2.97. The second-order valence-electron chi connectivity index (χ2n) is 4.64. The van der Waals surface area contributed by atoms with E-state index in [4.69, 9.17) is 23.2 Å². The predicted molar refractivity (Wildman–Crippen MR) is 86.3 cm³/mol. The Morgan fingerprint density at radius 1 is 1.19 bits per heavy atom. The van der Waals surface area contributed by atoms with Crippen molar-refractivity contribution < 1.29 is 4.79 Å². The number of hydrogen-bond donors (Lipinski definition) is 0. The maximum Gasteiger partial charge on any atom is 0.168 e. The molecule has 2 aromatic carbocycles. The molecule has 1 heterocycles. The third kappa shape index (κ3) is 2.33. The Labute approximate surface area is 132 Å². The van der Waals surface area contributed by atoms with E-state index in [2.05, 4.69) is 5.10 Å². The highest BCUT2D eigenvalue weighted by atomic mass is 35.5. The van der Waals surface area contributed by atoms with Crippen LogP contribution >= 0.6 is 23.2 Å². The van der Waals surface area contributed by atoms with Gasteiger partial charge in [0.15, 0.2) is 6.29 Å². The Kier molecular flexibility index (Phi) is 3.70. The summed E-state index contributed by atoms with van der Waals surface area (Å²) in [7, 11) is 0. The van der Waals surface area contributed by atoms with Crippen LogP contribution in [0.4, 0.5) is 0 Å². The van der Waals surface area contributed by atoms with Crippen LogP contribution in [0.15, 0.2) is 36.4 Å². The predicted octanol–water partition coefficient (Wildman–Crippen LogP) is 4.84. The van der Waals surface area contributed by atoms with Crippen LogP contribution in [0.25, 0.3) is 22.0 Å². The monoisotopic (exact) mass is 318 g/mol. The average molecular weight is 319 g/mol. The third-order valence-corrected chi connectivity index (χ3v) is 3.99. The molecule has 5 heteroatoms. The summed E-state index contributed by atoms with van der Waals surface area (Å²) in [6.07, 6.45) is 0.839. The third-order valence-electron chi connectivity index (χ3n) is 3.44. The number of aryl methyl sites for hydroxylation is 1. The lowest BCUT2D eigenvalue weighted by atomic mass is 10.0. The molecule has 0 unspecified atom stereocenters. The van der Waals surface area contributed by atoms with Crippen LogP contribution < -0.4 is 0 Å². The summed E-state index contributed by atoms with van der Waals surface area (Å²) in [5.41, 5.74) is 3.10. The number of hydrogen-bond acceptors (Lipinski definition) is 2. The molecule has 0 amide bonds. The van der Waals surface area contributed by atoms with E-state index in [1.807, 2.05) is 31.2 Å². The highest BCUT2D eigenvalue weighted by Crippen LogP contribution is 2.35. The molecule has 1 aromatic heterocycles. The van der Waals surface area contributed by atoms with Crippen LogP contribution in [-0.2, 0) is 6.54 Å². The molecule has 0 spiro atoms. The van der Waals surface area contributed by atoms with Gasteiger partial charge in [-0.2, -0.15) is 5.10 Å². The molecule has 0 fully saturated rings. The highest BCUT2D eigenvalue weighted by molar-refractivity contribution is 6.36. The van der Waals surface area contributed by atoms with Crippen molar-refractivity contribution in [3.05, 3.63) is 52.1 Å². The van der Waals surface area contributed by atoms with Crippen LogP contribution in [0.5, 0.6) is 0 Å². The summed E-state index contributed by atoms with van der Waals surface area (Å²) in [5.74, 6) is 0. The van der Waals surface area contributed by atoms with Gasteiger partial charge in [0.25, 0.3) is 0 Å². The number of aromatic nitrogens is 2. The van der Waals surface area contributed by atoms with Gasteiger partial charge in [0.2, 0.25) is 0 Å². The summed E-state index contributed by atoms with van der Waals surface area (Å²) >= 11 is 12.2. The summed E-state index contributed by atoms with van der Waals surface area (Å²) in [6, 6.07) is 11.1. The lowest BCUT2D eigenvalue weighted by molar-refractivity contribution is 0.111. The van der Waals surface area contributed by atoms with Crippen molar-refractivity contribution in [1.82, 2.24) is 9.78 Å². The molecular formula is C16H12Cl2N2O. The smallest absolute Gasteiger partial charge is 0.168 e. The first kappa shape index (κ1) is 14.1. The van der Waals surface area contributed by atoms with E-state index in [0.29, 0.717) is 22.3 Å². The van der Waals surface area contributed by atoms with E-state index < -0.39 is 0 Å². The quantitative estimate of drug-likeness (QED) is 0.647. The van der Waals surface area contributed by atoms with Gasteiger partial charge in [0, 0.05) is 33.1 Å². The lowest BCUT2D eigenvalue weighted by Gasteiger charge is -2.05. The minimum absolute atomic E-state index is 0.564. The number of carbonyl (C=O) groups excluding carboxylic acids is 1. The van der Waals surface area contributed by atoms with E-state index in [1.165, 1.54) is 0 Å². The number of halogens is 2. The number of fused-ring (bicyclic) bond motifs is 1. The molecule has 3 rings (SSSR count). The van der Waals surface area contributed by atoms with Crippen molar-refractivity contribution in [2.24, 2.45) is 0 Å². The molecule has 3 nitrogen and oxygen atoms in total. The summed E-state index contributed by atoms with van der Waals surface area (Å²) in [4.78, 5) is 11.3. The van der Waals surface area contributed by atoms with Gasteiger partial charge < -0.3 is 0 Å². The van der Waals surface area contributed by atoms with Gasteiger partial charge in [-0.3, -0.25) is 9.48 Å². The van der Waals surface area contributed by atoms with Gasteiger partial charge in [-0.15, -0.1) is 0 Å². The molecule has 106 valence electrons. The van der Waals surface area contributed by atoms with E-state index in [9.17, 15) is 4.79 Å². The van der Waals surface area contributed by atoms with Gasteiger partial charge in [-0.05, 0) is 19.1 Å². The molecule has 0 atom stereocenters. The van der Waals surface area contributed by atoms with Gasteiger partial charge in [-0.25, -0.2) is 0 Å². The van der Waals surface area contributed by atoms with Gasteiger partial charge in [0.1, 0.15) is 11.2 Å². The Morgan fingerprint density at radius 3 is 2.67 bits per heavy atom. The molecule has 0 radical (unpaired) electrons. The van der Waals surface area contributed by atoms with E-state index in [-0.39, 0.29) is 0 Å². The first-order valence-electron chi connectivity index (χ1n) is 6.55. The molecule has 0 N–H and O–H groups in total. The van der Waals surface area contributed by atoms with Gasteiger partial charge >= 0.3 is 0 Å². The van der Waals surface area contributed by atoms with Crippen molar-refractivity contribution in [2.75, 3.05) is 0 Å². The fraction of sp³-hybridized carbons (Fsp3) is 0.125. The van der Waals surface area contributed by atoms with Crippen LogP contribution in [-0.4, -0.2) is 16.1 Å². The van der Waals surface area contributed by atoms with Crippen molar-refractivity contribution in [3.8, 4) is 11.1 Å². The number of aldehydes is 1. The Hall–Kier alpha value is -1.84. The molecule has 0 saturated heterocycles. The highest BCUT2D eigenvalue weighted by Gasteiger charge is 2.15. The van der Waals surface area contributed by atoms with E-state index >= 15 is 0 Å². The van der Waals surface area contributed by atoms with Crippen molar-refractivity contribution in [2.45, 2.75) is 13.5 Å². The molecular weight excluding hydrogens is 307 g/mol. The zero-order chi connectivity index (χ0) is 15.0. The lowest BCUT2D eigenvalue weighted by Crippen LogP contribution is -2.00. The molecule has 0 bridgehead atoms. The number of rotatable bonds is 3. The maximum absolute atomic E-state index is 11.3. The SMILES string of the molecule is CCn1nc2c(-c3ccc(Cl)cc3Cl)cccc2c1C=O. The Morgan fingerprint density at radius 2 is 2.00 bits per heavy atom. The first-order valence-corrected chi connectivity index (χ1v) is 7.31. The molecule has 3 aromatic rings. The van der Waals surface area contributed by atoms with Crippen molar-refractivity contribution in [1.29, 1.82) is 0 Å². The minimum atomic E-state index is 0.564. The second kappa shape index (κ2) is 5.51. The Bertz CT molecular complexity index is 840. The fourth-order valence-electron chi connectivity index (χ4n) is 2.46. The van der Waals surface area contributed by atoms with E-state index in [1.54, 1.807) is 16.8 Å². The number of carbonyl (C=O) groups is 1. The largest absolute Gasteiger partial charge is 0.296 e. The molecule has 0 aliphatic rings. The van der Waals surface area contributed by atoms with Gasteiger partial charge in [0.05, 0.1) is 0 Å². The summed E-state index contributed by atoms with van der Waals surface area (Å²) in [6.45, 7) is 2.59. The first-order chi connectivity index (χ1) is 10.2. The normalized spacial score (nSPS) is 11.0. The molecule has 0 saturated carbocycles. The molecule has 0 aliphatic carbocycles. The van der Waals surface area contributed by atoms with Gasteiger partial charge in [-0.1, -0.05) is 47.5 Å². The summed E-state index contributed by atoms with van der Waals surface area (Å²) in [5, 5.41) is 6.51. The zero-order valence-electron chi connectivity index (χ0n) is 11.3. The minimum Gasteiger partial charge on any atom is -0.296 e. The summed E-state index contributed by atoms with van der Waals surface area (Å²) < 4.78 is 1.70.